The molecule has 15 heavy (non-hydrogen) atoms. The first-order chi connectivity index (χ1) is 7.00. The molecule has 3 heteroatoms. The highest BCUT2D eigenvalue weighted by atomic mass is 16.4. The summed E-state index contributed by atoms with van der Waals surface area (Å²) in [5, 5.41) is 17.7. The lowest BCUT2D eigenvalue weighted by Gasteiger charge is -2.08. The van der Waals surface area contributed by atoms with Crippen LogP contribution in [0.25, 0.3) is 0 Å². The minimum absolute atomic E-state index is 0.264. The summed E-state index contributed by atoms with van der Waals surface area (Å²) in [7, 11) is 0. The molecular formula is C12H16O3. The molecule has 1 rings (SSSR count). The summed E-state index contributed by atoms with van der Waals surface area (Å²) >= 11 is 0. The number of aliphatic carboxylic acids is 1. The zero-order valence-corrected chi connectivity index (χ0v) is 9.03. The summed E-state index contributed by atoms with van der Waals surface area (Å²) in [6, 6.07) is 6.06. The summed E-state index contributed by atoms with van der Waals surface area (Å²) in [6.45, 7) is 3.98. The lowest BCUT2D eigenvalue weighted by atomic mass is 10.00. The third-order valence-electron chi connectivity index (χ3n) is 2.48. The molecule has 1 atom stereocenters. The highest BCUT2D eigenvalue weighted by Crippen LogP contribution is 2.13. The topological polar surface area (TPSA) is 57.5 Å². The van der Waals surface area contributed by atoms with Crippen LogP contribution in [0.3, 0.4) is 0 Å². The normalized spacial score (nSPS) is 12.5. The predicted octanol–water partition coefficient (Wildman–Crippen LogP) is 1.68. The fourth-order valence-corrected chi connectivity index (χ4v) is 1.49. The highest BCUT2D eigenvalue weighted by Gasteiger charge is 2.13. The van der Waals surface area contributed by atoms with Crippen molar-refractivity contribution in [1.82, 2.24) is 0 Å². The number of aliphatic hydroxyl groups excluding tert-OH is 1. The van der Waals surface area contributed by atoms with E-state index < -0.39 is 12.1 Å². The lowest BCUT2D eigenvalue weighted by Crippen LogP contribution is -2.20. The molecule has 0 radical (unpaired) electrons. The summed E-state index contributed by atoms with van der Waals surface area (Å²) in [4.78, 5) is 10.4. The van der Waals surface area contributed by atoms with Crippen LogP contribution in [0.15, 0.2) is 18.2 Å². The third kappa shape index (κ3) is 3.36. The zero-order valence-electron chi connectivity index (χ0n) is 9.03. The second kappa shape index (κ2) is 4.94. The van der Waals surface area contributed by atoms with Gasteiger partial charge in [0.25, 0.3) is 0 Å². The van der Waals surface area contributed by atoms with E-state index in [0.717, 1.165) is 16.7 Å². The Hall–Kier alpha value is -1.35. The smallest absolute Gasteiger partial charge is 0.332 e. The van der Waals surface area contributed by atoms with E-state index in [1.54, 1.807) is 0 Å². The van der Waals surface area contributed by atoms with Gasteiger partial charge in [-0.05, 0) is 37.8 Å². The van der Waals surface area contributed by atoms with Gasteiger partial charge in [0.2, 0.25) is 0 Å². The highest BCUT2D eigenvalue weighted by molar-refractivity contribution is 5.71. The van der Waals surface area contributed by atoms with E-state index in [1.807, 2.05) is 32.0 Å². The maximum atomic E-state index is 10.4. The van der Waals surface area contributed by atoms with Crippen molar-refractivity contribution in [3.8, 4) is 0 Å². The van der Waals surface area contributed by atoms with Gasteiger partial charge in [-0.25, -0.2) is 4.79 Å². The van der Waals surface area contributed by atoms with Gasteiger partial charge in [0.15, 0.2) is 6.10 Å². The Balaban J connectivity index is 2.65. The number of aliphatic hydroxyl groups is 1. The van der Waals surface area contributed by atoms with Gasteiger partial charge in [-0.3, -0.25) is 0 Å². The monoisotopic (exact) mass is 208 g/mol. The van der Waals surface area contributed by atoms with E-state index in [9.17, 15) is 4.79 Å². The van der Waals surface area contributed by atoms with Gasteiger partial charge in [0.1, 0.15) is 0 Å². The number of carboxylic acid groups (broad SMARTS) is 1. The fraction of sp³-hybridized carbons (Fsp3) is 0.417. The summed E-state index contributed by atoms with van der Waals surface area (Å²) in [5.74, 6) is -1.15. The Kier molecular flexibility index (Phi) is 3.86. The summed E-state index contributed by atoms with van der Waals surface area (Å²) in [6.07, 6.45) is -0.398. The Labute approximate surface area is 89.4 Å². The Morgan fingerprint density at radius 2 is 2.07 bits per heavy atom. The van der Waals surface area contributed by atoms with Gasteiger partial charge in [0, 0.05) is 0 Å². The van der Waals surface area contributed by atoms with Crippen molar-refractivity contribution in [2.24, 2.45) is 0 Å². The molecule has 82 valence electrons. The molecule has 0 heterocycles. The molecule has 0 aliphatic heterocycles. The van der Waals surface area contributed by atoms with E-state index in [0.29, 0.717) is 6.42 Å². The number of hydrogen-bond donors (Lipinski definition) is 2. The number of aryl methyl sites for hydroxylation is 3. The molecule has 0 bridgehead atoms. The molecule has 3 nitrogen and oxygen atoms in total. The standard InChI is InChI=1S/C12H16O3/c1-8-3-4-9(2)10(7-8)5-6-11(13)12(14)15/h3-4,7,11,13H,5-6H2,1-2H3,(H,14,15). The molecule has 1 unspecified atom stereocenters. The van der Waals surface area contributed by atoms with Crippen molar-refractivity contribution < 1.29 is 15.0 Å². The number of carbonyl (C=O) groups is 1. The molecule has 0 saturated carbocycles. The van der Waals surface area contributed by atoms with Crippen LogP contribution in [0.5, 0.6) is 0 Å². The molecule has 0 spiro atoms. The molecule has 0 aromatic heterocycles. The van der Waals surface area contributed by atoms with E-state index >= 15 is 0 Å². The minimum Gasteiger partial charge on any atom is -0.479 e. The minimum atomic E-state index is -1.26. The number of rotatable bonds is 4. The molecule has 0 amide bonds. The van der Waals surface area contributed by atoms with Gasteiger partial charge >= 0.3 is 5.97 Å². The Bertz CT molecular complexity index is 358. The first-order valence-corrected chi connectivity index (χ1v) is 4.97. The van der Waals surface area contributed by atoms with Crippen LogP contribution in [-0.2, 0) is 11.2 Å². The third-order valence-corrected chi connectivity index (χ3v) is 2.48. The van der Waals surface area contributed by atoms with Crippen LogP contribution in [0.4, 0.5) is 0 Å². The first-order valence-electron chi connectivity index (χ1n) is 4.97. The number of benzene rings is 1. The molecule has 0 fully saturated rings. The Morgan fingerprint density at radius 1 is 1.40 bits per heavy atom. The predicted molar refractivity (Wildman–Crippen MR) is 57.9 cm³/mol. The maximum absolute atomic E-state index is 10.4. The van der Waals surface area contributed by atoms with Crippen LogP contribution < -0.4 is 0 Å². The number of carboxylic acids is 1. The molecule has 1 aromatic rings. The van der Waals surface area contributed by atoms with Crippen LogP contribution in [0, 0.1) is 13.8 Å². The van der Waals surface area contributed by atoms with E-state index in [1.165, 1.54) is 0 Å². The first kappa shape index (κ1) is 11.7. The van der Waals surface area contributed by atoms with Crippen molar-refractivity contribution in [3.05, 3.63) is 34.9 Å². The van der Waals surface area contributed by atoms with Crippen LogP contribution >= 0.6 is 0 Å². The van der Waals surface area contributed by atoms with E-state index in [-0.39, 0.29) is 6.42 Å². The van der Waals surface area contributed by atoms with Crippen molar-refractivity contribution in [2.75, 3.05) is 0 Å². The van der Waals surface area contributed by atoms with Gasteiger partial charge in [-0.15, -0.1) is 0 Å². The van der Waals surface area contributed by atoms with Crippen LogP contribution in [0.1, 0.15) is 23.1 Å². The molecule has 0 aliphatic rings. The van der Waals surface area contributed by atoms with Gasteiger partial charge in [-0.2, -0.15) is 0 Å². The largest absolute Gasteiger partial charge is 0.479 e. The summed E-state index contributed by atoms with van der Waals surface area (Å²) in [5.41, 5.74) is 3.40. The van der Waals surface area contributed by atoms with E-state index in [4.69, 9.17) is 10.2 Å². The summed E-state index contributed by atoms with van der Waals surface area (Å²) < 4.78 is 0. The van der Waals surface area contributed by atoms with Crippen molar-refractivity contribution >= 4 is 5.97 Å². The van der Waals surface area contributed by atoms with Crippen LogP contribution in [-0.4, -0.2) is 22.3 Å². The van der Waals surface area contributed by atoms with Gasteiger partial charge < -0.3 is 10.2 Å². The molecule has 2 N–H and O–H groups in total. The van der Waals surface area contributed by atoms with Crippen molar-refractivity contribution in [3.63, 3.8) is 0 Å². The van der Waals surface area contributed by atoms with E-state index in [2.05, 4.69) is 0 Å². The quantitative estimate of drug-likeness (QED) is 0.791. The molecule has 1 aromatic carbocycles. The van der Waals surface area contributed by atoms with Gasteiger partial charge in [0.05, 0.1) is 0 Å². The molecule has 0 saturated heterocycles. The SMILES string of the molecule is Cc1ccc(C)c(CCC(O)C(=O)O)c1. The second-order valence-electron chi connectivity index (χ2n) is 3.82. The fourth-order valence-electron chi connectivity index (χ4n) is 1.49. The van der Waals surface area contributed by atoms with Crippen molar-refractivity contribution in [2.45, 2.75) is 32.8 Å². The molecular weight excluding hydrogens is 192 g/mol. The lowest BCUT2D eigenvalue weighted by molar-refractivity contribution is -0.146. The average molecular weight is 208 g/mol. The van der Waals surface area contributed by atoms with Crippen molar-refractivity contribution in [1.29, 1.82) is 0 Å². The maximum Gasteiger partial charge on any atom is 0.332 e. The Morgan fingerprint density at radius 3 is 2.67 bits per heavy atom. The molecule has 0 aliphatic carbocycles. The second-order valence-corrected chi connectivity index (χ2v) is 3.82. The number of hydrogen-bond acceptors (Lipinski definition) is 2. The van der Waals surface area contributed by atoms with Gasteiger partial charge in [-0.1, -0.05) is 23.8 Å². The van der Waals surface area contributed by atoms with Crippen LogP contribution in [0.2, 0.25) is 0 Å². The average Bonchev–Trinajstić information content (AvgIpc) is 2.18. The zero-order chi connectivity index (χ0) is 11.4.